The van der Waals surface area contributed by atoms with Crippen LogP contribution in [0, 0.1) is 12.8 Å². The van der Waals surface area contributed by atoms with Crippen molar-refractivity contribution in [1.29, 1.82) is 0 Å². The van der Waals surface area contributed by atoms with Gasteiger partial charge in [-0.15, -0.1) is 0 Å². The van der Waals surface area contributed by atoms with Crippen LogP contribution < -0.4 is 9.47 Å². The monoisotopic (exact) mass is 390 g/mol. The molecule has 0 spiro atoms. The number of aromatic hydroxyl groups is 1. The van der Waals surface area contributed by atoms with Gasteiger partial charge in [-0.05, 0) is 49.1 Å². The lowest BCUT2D eigenvalue weighted by molar-refractivity contribution is 0.0689. The normalized spacial score (nSPS) is 12.1. The van der Waals surface area contributed by atoms with E-state index in [-0.39, 0.29) is 34.5 Å². The number of aromatic carboxylic acids is 1. The number of aliphatic hydroxyl groups excluding tert-OH is 2. The summed E-state index contributed by atoms with van der Waals surface area (Å²) in [6.07, 6.45) is -0.467. The van der Waals surface area contributed by atoms with E-state index in [2.05, 4.69) is 0 Å². The lowest BCUT2D eigenvalue weighted by Crippen LogP contribution is -2.10. The first-order chi connectivity index (χ1) is 13.2. The molecule has 0 fully saturated rings. The number of hydrogen-bond donors (Lipinski definition) is 4. The Morgan fingerprint density at radius 3 is 2.39 bits per heavy atom. The third kappa shape index (κ3) is 4.55. The average Bonchev–Trinajstić information content (AvgIpc) is 2.61. The van der Waals surface area contributed by atoms with Crippen molar-refractivity contribution in [2.45, 2.75) is 39.9 Å². The molecule has 2 rings (SSSR count). The highest BCUT2D eigenvalue weighted by atomic mass is 16.5. The number of carbonyl (C=O) groups is 1. The Kier molecular flexibility index (Phi) is 6.88. The Balaban J connectivity index is 2.59. The molecule has 7 nitrogen and oxygen atoms in total. The number of methoxy groups -OCH3 is 1. The number of carboxylic acids is 1. The van der Waals surface area contributed by atoms with Gasteiger partial charge in [-0.3, -0.25) is 0 Å². The van der Waals surface area contributed by atoms with Gasteiger partial charge in [-0.25, -0.2) is 4.79 Å². The van der Waals surface area contributed by atoms with E-state index in [0.717, 1.165) is 5.56 Å². The molecule has 0 radical (unpaired) electrons. The zero-order valence-corrected chi connectivity index (χ0v) is 16.4. The molecule has 2 aromatic carbocycles. The van der Waals surface area contributed by atoms with Crippen LogP contribution in [0.3, 0.4) is 0 Å². The number of ether oxygens (including phenoxy) is 2. The topological polar surface area (TPSA) is 116 Å². The maximum Gasteiger partial charge on any atom is 0.343 e. The van der Waals surface area contributed by atoms with Crippen molar-refractivity contribution in [2.24, 2.45) is 5.92 Å². The first kappa shape index (κ1) is 21.5. The van der Waals surface area contributed by atoms with Gasteiger partial charge in [0.2, 0.25) is 0 Å². The molecule has 1 atom stereocenters. The lowest BCUT2D eigenvalue weighted by atomic mass is 9.96. The summed E-state index contributed by atoms with van der Waals surface area (Å²) in [6, 6.07) is 6.03. The summed E-state index contributed by atoms with van der Waals surface area (Å²) in [7, 11) is 1.32. The van der Waals surface area contributed by atoms with Gasteiger partial charge in [0, 0.05) is 11.1 Å². The molecule has 0 aliphatic rings. The Labute approximate surface area is 163 Å². The van der Waals surface area contributed by atoms with Crippen LogP contribution in [0.4, 0.5) is 0 Å². The maximum atomic E-state index is 11.9. The number of aryl methyl sites for hydroxylation is 1. The summed E-state index contributed by atoms with van der Waals surface area (Å²) in [5, 5.41) is 40.0. The molecule has 0 bridgehead atoms. The molecule has 0 saturated carbocycles. The molecule has 4 N–H and O–H groups in total. The van der Waals surface area contributed by atoms with E-state index in [1.807, 2.05) is 13.8 Å². The highest BCUT2D eigenvalue weighted by Gasteiger charge is 2.26. The molecule has 0 aromatic heterocycles. The van der Waals surface area contributed by atoms with Gasteiger partial charge in [0.1, 0.15) is 17.1 Å². The number of phenolic OH excluding ortho intramolecular Hbond substituents is 1. The molecule has 0 unspecified atom stereocenters. The second kappa shape index (κ2) is 8.95. The number of phenols is 1. The number of aliphatic hydroxyl groups is 2. The number of carboxylic acid groups (broad SMARTS) is 1. The van der Waals surface area contributed by atoms with Gasteiger partial charge in [0.25, 0.3) is 0 Å². The van der Waals surface area contributed by atoms with E-state index in [1.54, 1.807) is 13.0 Å². The summed E-state index contributed by atoms with van der Waals surface area (Å²) in [5.41, 5.74) is 1.11. The minimum Gasteiger partial charge on any atom is -0.504 e. The van der Waals surface area contributed by atoms with Crippen LogP contribution in [0.1, 0.15) is 53.4 Å². The van der Waals surface area contributed by atoms with Crippen LogP contribution in [0.2, 0.25) is 0 Å². The molecular formula is C21H26O7. The summed E-state index contributed by atoms with van der Waals surface area (Å²) >= 11 is 0. The smallest absolute Gasteiger partial charge is 0.343 e. The molecule has 152 valence electrons. The second-order valence-corrected chi connectivity index (χ2v) is 7.04. The first-order valence-electron chi connectivity index (χ1n) is 8.93. The maximum absolute atomic E-state index is 11.9. The molecule has 28 heavy (non-hydrogen) atoms. The third-order valence-corrected chi connectivity index (χ3v) is 4.29. The number of rotatable bonds is 8. The zero-order valence-electron chi connectivity index (χ0n) is 16.4. The van der Waals surface area contributed by atoms with Crippen LogP contribution in [0.25, 0.3) is 0 Å². The number of benzene rings is 2. The van der Waals surface area contributed by atoms with E-state index in [9.17, 15) is 25.2 Å². The summed E-state index contributed by atoms with van der Waals surface area (Å²) in [5.74, 6) is -1.44. The quantitative estimate of drug-likeness (QED) is 0.542. The molecule has 0 saturated heterocycles. The standard InChI is InChI=1S/C21H26O7/c1-11(2)7-15(23)14-5-6-17(18(21(25)26)20(14)27-4)28-19-13(10-22)8-12(3)9-16(19)24/h5-6,8-9,11,15,22-24H,7,10H2,1-4H3,(H,25,26)/t15-/m1/s1. The Morgan fingerprint density at radius 2 is 1.86 bits per heavy atom. The molecule has 0 heterocycles. The van der Waals surface area contributed by atoms with Gasteiger partial charge in [-0.2, -0.15) is 0 Å². The second-order valence-electron chi connectivity index (χ2n) is 7.04. The molecule has 7 heteroatoms. The summed E-state index contributed by atoms with van der Waals surface area (Å²) in [6.45, 7) is 5.25. The molecule has 0 aliphatic heterocycles. The van der Waals surface area contributed by atoms with Crippen LogP contribution in [0.15, 0.2) is 24.3 Å². The molecule has 0 amide bonds. The predicted octanol–water partition coefficient (Wildman–Crippen LogP) is 3.77. The number of hydrogen-bond acceptors (Lipinski definition) is 6. The van der Waals surface area contributed by atoms with Crippen molar-refractivity contribution in [3.05, 3.63) is 46.5 Å². The van der Waals surface area contributed by atoms with E-state index in [0.29, 0.717) is 17.5 Å². The Morgan fingerprint density at radius 1 is 1.18 bits per heavy atom. The minimum absolute atomic E-state index is 0.00435. The lowest BCUT2D eigenvalue weighted by Gasteiger charge is -2.21. The van der Waals surface area contributed by atoms with Gasteiger partial charge >= 0.3 is 5.97 Å². The van der Waals surface area contributed by atoms with Crippen LogP contribution >= 0.6 is 0 Å². The van der Waals surface area contributed by atoms with Crippen molar-refractivity contribution >= 4 is 5.97 Å². The van der Waals surface area contributed by atoms with Gasteiger partial charge in [-0.1, -0.05) is 13.8 Å². The van der Waals surface area contributed by atoms with Gasteiger partial charge < -0.3 is 29.9 Å². The fraction of sp³-hybridized carbons (Fsp3) is 0.381. The third-order valence-electron chi connectivity index (χ3n) is 4.29. The SMILES string of the molecule is COc1c([C@H](O)CC(C)C)ccc(Oc2c(O)cc(C)cc2CO)c1C(=O)O. The fourth-order valence-electron chi connectivity index (χ4n) is 3.10. The zero-order chi connectivity index (χ0) is 21.0. The van der Waals surface area contributed by atoms with Crippen molar-refractivity contribution in [1.82, 2.24) is 0 Å². The van der Waals surface area contributed by atoms with Crippen molar-refractivity contribution in [3.63, 3.8) is 0 Å². The van der Waals surface area contributed by atoms with E-state index < -0.39 is 18.7 Å². The molecular weight excluding hydrogens is 364 g/mol. The summed E-state index contributed by atoms with van der Waals surface area (Å²) in [4.78, 5) is 11.9. The Hall–Kier alpha value is -2.77. The van der Waals surface area contributed by atoms with Crippen molar-refractivity contribution < 1.29 is 34.7 Å². The van der Waals surface area contributed by atoms with Crippen LogP contribution in [-0.2, 0) is 6.61 Å². The highest BCUT2D eigenvalue weighted by molar-refractivity contribution is 5.95. The average molecular weight is 390 g/mol. The molecule has 2 aromatic rings. The van der Waals surface area contributed by atoms with Gasteiger partial charge in [0.15, 0.2) is 11.5 Å². The highest BCUT2D eigenvalue weighted by Crippen LogP contribution is 2.42. The first-order valence-corrected chi connectivity index (χ1v) is 8.93. The molecule has 0 aliphatic carbocycles. The van der Waals surface area contributed by atoms with Crippen molar-refractivity contribution in [3.8, 4) is 23.0 Å². The fourth-order valence-corrected chi connectivity index (χ4v) is 3.10. The largest absolute Gasteiger partial charge is 0.504 e. The van der Waals surface area contributed by atoms with Crippen LogP contribution in [-0.4, -0.2) is 33.5 Å². The minimum atomic E-state index is -1.30. The van der Waals surface area contributed by atoms with Crippen LogP contribution in [0.5, 0.6) is 23.0 Å². The van der Waals surface area contributed by atoms with E-state index in [4.69, 9.17) is 9.47 Å². The van der Waals surface area contributed by atoms with E-state index in [1.165, 1.54) is 25.3 Å². The summed E-state index contributed by atoms with van der Waals surface area (Å²) < 4.78 is 11.0. The Bertz CT molecular complexity index is 858. The van der Waals surface area contributed by atoms with Gasteiger partial charge in [0.05, 0.1) is 19.8 Å². The predicted molar refractivity (Wildman–Crippen MR) is 103 cm³/mol. The van der Waals surface area contributed by atoms with Crippen molar-refractivity contribution in [2.75, 3.05) is 7.11 Å². The van der Waals surface area contributed by atoms with E-state index >= 15 is 0 Å².